The molecule has 11 heteroatoms. The highest BCUT2D eigenvalue weighted by atomic mass is 19.3. The highest BCUT2D eigenvalue weighted by Gasteiger charge is 2.29. The predicted molar refractivity (Wildman–Crippen MR) is 113 cm³/mol. The highest BCUT2D eigenvalue weighted by Crippen LogP contribution is 2.31. The molecule has 1 aliphatic rings. The van der Waals surface area contributed by atoms with Crippen molar-refractivity contribution in [3.05, 3.63) is 36.0 Å². The molecule has 1 unspecified atom stereocenters. The molecule has 3 rings (SSSR count). The van der Waals surface area contributed by atoms with Crippen LogP contribution in [-0.4, -0.2) is 64.3 Å². The zero-order chi connectivity index (χ0) is 24.0. The van der Waals surface area contributed by atoms with Crippen molar-refractivity contribution in [3.8, 4) is 17.3 Å². The van der Waals surface area contributed by atoms with E-state index in [0.717, 1.165) is 17.7 Å². The molecular formula is C22H23F3N6O2. The molecule has 2 aromatic rings. The summed E-state index contributed by atoms with van der Waals surface area (Å²) < 4.78 is 38.8. The second kappa shape index (κ2) is 10.8. The number of likely N-dealkylation sites (N-methyl/N-ethyl adjacent to an activating group) is 1. The summed E-state index contributed by atoms with van der Waals surface area (Å²) in [6.07, 6.45) is 2.72. The van der Waals surface area contributed by atoms with Gasteiger partial charge in [0, 0.05) is 43.9 Å². The molecule has 0 saturated heterocycles. The van der Waals surface area contributed by atoms with Crippen LogP contribution in [0, 0.1) is 17.2 Å². The van der Waals surface area contributed by atoms with E-state index in [1.807, 2.05) is 6.07 Å². The van der Waals surface area contributed by atoms with E-state index in [2.05, 4.69) is 20.3 Å². The Hall–Kier alpha value is -3.55. The van der Waals surface area contributed by atoms with Crippen LogP contribution in [0.4, 0.5) is 18.9 Å². The Balaban J connectivity index is 1.82. The fourth-order valence-corrected chi connectivity index (χ4v) is 3.22. The first-order valence-corrected chi connectivity index (χ1v) is 10.4. The highest BCUT2D eigenvalue weighted by molar-refractivity contribution is 5.86. The molecule has 0 bridgehead atoms. The van der Waals surface area contributed by atoms with Gasteiger partial charge in [-0.3, -0.25) is 19.6 Å². The number of halogens is 3. The lowest BCUT2D eigenvalue weighted by molar-refractivity contribution is -0.131. The van der Waals surface area contributed by atoms with Gasteiger partial charge in [-0.15, -0.1) is 0 Å². The summed E-state index contributed by atoms with van der Waals surface area (Å²) in [5.41, 5.74) is 1.33. The van der Waals surface area contributed by atoms with Gasteiger partial charge < -0.3 is 10.2 Å². The summed E-state index contributed by atoms with van der Waals surface area (Å²) in [6, 6.07) is 1.94. The van der Waals surface area contributed by atoms with E-state index in [9.17, 15) is 28.0 Å². The minimum absolute atomic E-state index is 0.0671. The molecule has 1 aliphatic carbocycles. The van der Waals surface area contributed by atoms with E-state index in [-0.39, 0.29) is 36.0 Å². The number of Topliss-reactive ketones (excluding diaryl/α,β-unsaturated/α-hetero) is 1. The maximum absolute atomic E-state index is 13.1. The van der Waals surface area contributed by atoms with E-state index >= 15 is 0 Å². The standard InChI is InChI=1S/C22H23F3N6O2/c1-31(5-4-23)22(33)17(8-21(24)25)30-16-6-14(10-28-18(16)9-26)19-12-27-15(11-29-19)7-20(32)13-2-3-13/h6,10-13,17,21,30H,2-5,7-8H2,1H3. The average Bonchev–Trinajstić information content (AvgIpc) is 3.64. The number of amides is 1. The first-order valence-electron chi connectivity index (χ1n) is 10.4. The zero-order valence-electron chi connectivity index (χ0n) is 18.0. The number of alkyl halides is 3. The molecule has 1 fully saturated rings. The number of anilines is 1. The van der Waals surface area contributed by atoms with Crippen molar-refractivity contribution in [3.63, 3.8) is 0 Å². The maximum Gasteiger partial charge on any atom is 0.245 e. The number of aromatic nitrogens is 3. The molecule has 0 radical (unpaired) electrons. The second-order valence-electron chi connectivity index (χ2n) is 7.81. The van der Waals surface area contributed by atoms with Crippen LogP contribution in [0.2, 0.25) is 0 Å². The second-order valence-corrected chi connectivity index (χ2v) is 7.81. The van der Waals surface area contributed by atoms with Gasteiger partial charge in [0.2, 0.25) is 12.3 Å². The van der Waals surface area contributed by atoms with Crippen LogP contribution in [0.3, 0.4) is 0 Å². The molecule has 2 aromatic heterocycles. The van der Waals surface area contributed by atoms with Gasteiger partial charge in [0.1, 0.15) is 24.6 Å². The minimum Gasteiger partial charge on any atom is -0.371 e. The number of hydrogen-bond acceptors (Lipinski definition) is 7. The van der Waals surface area contributed by atoms with E-state index in [0.29, 0.717) is 17.0 Å². The first kappa shape index (κ1) is 24.1. The van der Waals surface area contributed by atoms with Crippen LogP contribution < -0.4 is 5.32 Å². The summed E-state index contributed by atoms with van der Waals surface area (Å²) in [5, 5.41) is 12.0. The van der Waals surface area contributed by atoms with Crippen molar-refractivity contribution >= 4 is 17.4 Å². The maximum atomic E-state index is 13.1. The Morgan fingerprint density at radius 2 is 2.00 bits per heavy atom. The fraction of sp³-hybridized carbons (Fsp3) is 0.455. The molecule has 1 amide bonds. The SMILES string of the molecule is CN(CCF)C(=O)C(CC(F)F)Nc1cc(-c2cnc(CC(=O)C3CC3)cn2)cnc1C#N. The summed E-state index contributed by atoms with van der Waals surface area (Å²) in [5.74, 6) is -0.474. The number of nitrogens with zero attached hydrogens (tertiary/aromatic N) is 5. The van der Waals surface area contributed by atoms with Crippen molar-refractivity contribution in [1.29, 1.82) is 5.26 Å². The van der Waals surface area contributed by atoms with Crippen molar-refractivity contribution in [1.82, 2.24) is 19.9 Å². The van der Waals surface area contributed by atoms with Crippen molar-refractivity contribution < 1.29 is 22.8 Å². The molecule has 33 heavy (non-hydrogen) atoms. The van der Waals surface area contributed by atoms with Gasteiger partial charge in [-0.2, -0.15) is 5.26 Å². The van der Waals surface area contributed by atoms with Gasteiger partial charge in [-0.05, 0) is 18.9 Å². The number of nitriles is 1. The smallest absolute Gasteiger partial charge is 0.245 e. The number of rotatable bonds is 11. The van der Waals surface area contributed by atoms with E-state index in [4.69, 9.17) is 0 Å². The Morgan fingerprint density at radius 3 is 2.58 bits per heavy atom. The van der Waals surface area contributed by atoms with Crippen molar-refractivity contribution in [2.45, 2.75) is 38.2 Å². The number of pyridine rings is 1. The third-order valence-corrected chi connectivity index (χ3v) is 5.22. The summed E-state index contributed by atoms with van der Waals surface area (Å²) in [6.45, 7) is -1.06. The Kier molecular flexibility index (Phi) is 7.92. The Labute approximate surface area is 188 Å². The lowest BCUT2D eigenvalue weighted by Crippen LogP contribution is -2.43. The van der Waals surface area contributed by atoms with Gasteiger partial charge in [0.15, 0.2) is 5.69 Å². The largest absolute Gasteiger partial charge is 0.371 e. The average molecular weight is 460 g/mol. The van der Waals surface area contributed by atoms with Gasteiger partial charge in [0.05, 0.1) is 29.7 Å². The molecule has 0 aromatic carbocycles. The van der Waals surface area contributed by atoms with Crippen LogP contribution in [-0.2, 0) is 16.0 Å². The molecule has 1 N–H and O–H groups in total. The van der Waals surface area contributed by atoms with Crippen LogP contribution >= 0.6 is 0 Å². The molecular weight excluding hydrogens is 437 g/mol. The topological polar surface area (TPSA) is 112 Å². The van der Waals surface area contributed by atoms with E-state index < -0.39 is 31.5 Å². The monoisotopic (exact) mass is 460 g/mol. The molecule has 0 spiro atoms. The van der Waals surface area contributed by atoms with Gasteiger partial charge >= 0.3 is 0 Å². The quantitative estimate of drug-likeness (QED) is 0.549. The normalized spacial score (nSPS) is 13.9. The van der Waals surface area contributed by atoms with Crippen LogP contribution in [0.15, 0.2) is 24.7 Å². The number of carbonyl (C=O) groups excluding carboxylic acids is 2. The fourth-order valence-electron chi connectivity index (χ4n) is 3.22. The lowest BCUT2D eigenvalue weighted by atomic mass is 10.1. The third kappa shape index (κ3) is 6.47. The first-order chi connectivity index (χ1) is 15.8. The van der Waals surface area contributed by atoms with Gasteiger partial charge in [-0.1, -0.05) is 0 Å². The molecule has 1 atom stereocenters. The van der Waals surface area contributed by atoms with Gasteiger partial charge in [0.25, 0.3) is 0 Å². The third-order valence-electron chi connectivity index (χ3n) is 5.22. The van der Waals surface area contributed by atoms with Gasteiger partial charge in [-0.25, -0.2) is 18.2 Å². The molecule has 1 saturated carbocycles. The Bertz CT molecular complexity index is 1040. The lowest BCUT2D eigenvalue weighted by Gasteiger charge is -2.24. The number of ketones is 1. The van der Waals surface area contributed by atoms with E-state index in [1.54, 1.807) is 0 Å². The minimum atomic E-state index is -2.80. The Morgan fingerprint density at radius 1 is 1.24 bits per heavy atom. The van der Waals surface area contributed by atoms with Crippen molar-refractivity contribution in [2.24, 2.45) is 5.92 Å². The number of carbonyl (C=O) groups is 2. The summed E-state index contributed by atoms with van der Waals surface area (Å²) >= 11 is 0. The molecule has 8 nitrogen and oxygen atoms in total. The number of hydrogen-bond donors (Lipinski definition) is 1. The molecule has 2 heterocycles. The van der Waals surface area contributed by atoms with Crippen LogP contribution in [0.25, 0.3) is 11.3 Å². The summed E-state index contributed by atoms with van der Waals surface area (Å²) in [4.78, 5) is 38.1. The van der Waals surface area contributed by atoms with Crippen LogP contribution in [0.5, 0.6) is 0 Å². The van der Waals surface area contributed by atoms with Crippen molar-refractivity contribution in [2.75, 3.05) is 25.6 Å². The van der Waals surface area contributed by atoms with Crippen LogP contribution in [0.1, 0.15) is 30.7 Å². The molecule has 0 aliphatic heterocycles. The zero-order valence-corrected chi connectivity index (χ0v) is 18.0. The summed E-state index contributed by atoms with van der Waals surface area (Å²) in [7, 11) is 1.31. The molecule has 174 valence electrons. The number of nitrogens with one attached hydrogen (secondary N) is 1. The predicted octanol–water partition coefficient (Wildman–Crippen LogP) is 2.80. The van der Waals surface area contributed by atoms with E-state index in [1.165, 1.54) is 31.7 Å².